The number of amides is 1. The molecule has 0 saturated carbocycles. The van der Waals surface area contributed by atoms with E-state index >= 15 is 0 Å². The molecule has 0 N–H and O–H groups in total. The van der Waals surface area contributed by atoms with Crippen LogP contribution in [0.25, 0.3) is 0 Å². The standard InChI is InChI=1S/C27H37NO8/c1-25(2)33-20-16-32-27(23(22(20)34-25)35-26(3,4)36-27)17-31-21(29)14-8-12-19-13-9-15-28(19)24(30)18-10-6-5-7-11-18/h5-7,10-11,19-20,22-23H,8-9,12-17H2,1-4H3/t19-,20+,22+,23-,27-/m0/s1. The largest absolute Gasteiger partial charge is 0.460 e. The first-order chi connectivity index (χ1) is 17.1. The van der Waals surface area contributed by atoms with Crippen molar-refractivity contribution in [3.8, 4) is 0 Å². The van der Waals surface area contributed by atoms with Gasteiger partial charge in [-0.1, -0.05) is 18.2 Å². The Balaban J connectivity index is 1.13. The van der Waals surface area contributed by atoms with Gasteiger partial charge in [0.15, 0.2) is 11.6 Å². The number of rotatable bonds is 7. The zero-order chi connectivity index (χ0) is 25.6. The van der Waals surface area contributed by atoms with E-state index in [1.165, 1.54) is 0 Å². The molecule has 5 atom stereocenters. The second-order valence-electron chi connectivity index (χ2n) is 11.0. The van der Waals surface area contributed by atoms with Crippen molar-refractivity contribution in [2.45, 2.75) is 102 Å². The number of likely N-dealkylation sites (tertiary alicyclic amines) is 1. The number of esters is 1. The third-order valence-corrected chi connectivity index (χ3v) is 7.29. The van der Waals surface area contributed by atoms with Gasteiger partial charge in [0, 0.05) is 24.6 Å². The average molecular weight is 504 g/mol. The van der Waals surface area contributed by atoms with Crippen LogP contribution in [0.3, 0.4) is 0 Å². The van der Waals surface area contributed by atoms with E-state index in [4.69, 9.17) is 28.4 Å². The molecule has 1 aromatic carbocycles. The Morgan fingerprint density at radius 1 is 1.06 bits per heavy atom. The van der Waals surface area contributed by atoms with Crippen molar-refractivity contribution in [3.05, 3.63) is 35.9 Å². The Labute approximate surface area is 212 Å². The molecule has 0 radical (unpaired) electrons. The lowest BCUT2D eigenvalue weighted by molar-refractivity contribution is -0.296. The van der Waals surface area contributed by atoms with Gasteiger partial charge in [0.25, 0.3) is 5.91 Å². The molecule has 198 valence electrons. The van der Waals surface area contributed by atoms with E-state index in [1.54, 1.807) is 13.8 Å². The molecule has 0 aliphatic carbocycles. The fraction of sp³-hybridized carbons (Fsp3) is 0.704. The summed E-state index contributed by atoms with van der Waals surface area (Å²) in [7, 11) is 0. The molecule has 4 aliphatic rings. The fourth-order valence-corrected chi connectivity index (χ4v) is 5.83. The van der Waals surface area contributed by atoms with Crippen LogP contribution in [-0.4, -0.2) is 78.2 Å². The Morgan fingerprint density at radius 3 is 2.61 bits per heavy atom. The van der Waals surface area contributed by atoms with Gasteiger partial charge in [0.05, 0.1) is 6.61 Å². The number of carbonyl (C=O) groups is 2. The molecule has 9 nitrogen and oxygen atoms in total. The van der Waals surface area contributed by atoms with Gasteiger partial charge in [-0.2, -0.15) is 0 Å². The molecule has 4 aliphatic heterocycles. The molecule has 4 heterocycles. The van der Waals surface area contributed by atoms with Crippen LogP contribution in [0.4, 0.5) is 0 Å². The third kappa shape index (κ3) is 5.17. The Hall–Kier alpha value is -2.04. The number of benzene rings is 1. The maximum atomic E-state index is 12.9. The molecular formula is C27H37NO8. The van der Waals surface area contributed by atoms with Gasteiger partial charge in [-0.25, -0.2) is 0 Å². The molecule has 1 amide bonds. The number of hydrogen-bond acceptors (Lipinski definition) is 8. The average Bonchev–Trinajstić information content (AvgIpc) is 3.50. The van der Waals surface area contributed by atoms with E-state index in [1.807, 2.05) is 49.1 Å². The van der Waals surface area contributed by atoms with E-state index in [0.29, 0.717) is 12.0 Å². The monoisotopic (exact) mass is 503 g/mol. The molecule has 4 fully saturated rings. The maximum absolute atomic E-state index is 12.9. The first-order valence-electron chi connectivity index (χ1n) is 13.0. The summed E-state index contributed by atoms with van der Waals surface area (Å²) in [6.07, 6.45) is 2.33. The van der Waals surface area contributed by atoms with Crippen LogP contribution in [0.5, 0.6) is 0 Å². The second-order valence-corrected chi connectivity index (χ2v) is 11.0. The minimum Gasteiger partial charge on any atom is -0.460 e. The maximum Gasteiger partial charge on any atom is 0.305 e. The van der Waals surface area contributed by atoms with Crippen LogP contribution in [0.15, 0.2) is 30.3 Å². The van der Waals surface area contributed by atoms with Crippen molar-refractivity contribution in [1.82, 2.24) is 4.90 Å². The predicted molar refractivity (Wildman–Crippen MR) is 128 cm³/mol. The Bertz CT molecular complexity index is 966. The summed E-state index contributed by atoms with van der Waals surface area (Å²) in [5.41, 5.74) is 0.703. The zero-order valence-electron chi connectivity index (χ0n) is 21.6. The minimum absolute atomic E-state index is 0.0563. The van der Waals surface area contributed by atoms with Gasteiger partial charge >= 0.3 is 5.97 Å². The molecule has 9 heteroatoms. The molecular weight excluding hydrogens is 466 g/mol. The highest BCUT2D eigenvalue weighted by molar-refractivity contribution is 5.94. The second kappa shape index (κ2) is 9.68. The van der Waals surface area contributed by atoms with Crippen LogP contribution in [0.2, 0.25) is 0 Å². The highest BCUT2D eigenvalue weighted by Gasteiger charge is 2.66. The van der Waals surface area contributed by atoms with Crippen LogP contribution < -0.4 is 0 Å². The summed E-state index contributed by atoms with van der Waals surface area (Å²) in [6.45, 7) is 8.24. The van der Waals surface area contributed by atoms with Crippen molar-refractivity contribution in [2.75, 3.05) is 19.8 Å². The summed E-state index contributed by atoms with van der Waals surface area (Å²) in [6, 6.07) is 9.49. The summed E-state index contributed by atoms with van der Waals surface area (Å²) in [4.78, 5) is 27.5. The van der Waals surface area contributed by atoms with Crippen LogP contribution in [0.1, 0.15) is 70.2 Å². The molecule has 0 bridgehead atoms. The van der Waals surface area contributed by atoms with Gasteiger partial charge in [-0.3, -0.25) is 9.59 Å². The highest BCUT2D eigenvalue weighted by atomic mass is 16.9. The summed E-state index contributed by atoms with van der Waals surface area (Å²) in [5, 5.41) is 0. The lowest BCUT2D eigenvalue weighted by Crippen LogP contribution is -2.60. The first kappa shape index (κ1) is 25.6. The predicted octanol–water partition coefficient (Wildman–Crippen LogP) is 3.40. The highest BCUT2D eigenvalue weighted by Crippen LogP contribution is 2.47. The van der Waals surface area contributed by atoms with Gasteiger partial charge in [0.1, 0.15) is 24.9 Å². The summed E-state index contributed by atoms with van der Waals surface area (Å²) in [5.74, 6) is -3.18. The third-order valence-electron chi connectivity index (χ3n) is 7.29. The number of hydrogen-bond donors (Lipinski definition) is 0. The van der Waals surface area contributed by atoms with E-state index in [9.17, 15) is 9.59 Å². The van der Waals surface area contributed by atoms with Gasteiger partial charge in [-0.15, -0.1) is 0 Å². The van der Waals surface area contributed by atoms with Crippen LogP contribution >= 0.6 is 0 Å². The van der Waals surface area contributed by atoms with E-state index in [0.717, 1.165) is 25.8 Å². The SMILES string of the molecule is CC1(C)O[C@@H]2[C@@H](CO[C@@]3(COC(=O)CCC[C@H]4CCCN4C(=O)c4ccccc4)OC(C)(C)O[C@@H]23)O1. The number of nitrogens with zero attached hydrogens (tertiary/aromatic N) is 1. The van der Waals surface area contributed by atoms with Gasteiger partial charge in [0.2, 0.25) is 5.79 Å². The normalized spacial score (nSPS) is 34.3. The lowest BCUT2D eigenvalue weighted by atomic mass is 9.97. The molecule has 0 unspecified atom stereocenters. The van der Waals surface area contributed by atoms with E-state index in [2.05, 4.69) is 0 Å². The molecule has 0 aromatic heterocycles. The van der Waals surface area contributed by atoms with Crippen LogP contribution in [0, 0.1) is 0 Å². The molecule has 0 spiro atoms. The van der Waals surface area contributed by atoms with Gasteiger partial charge < -0.3 is 33.3 Å². The van der Waals surface area contributed by atoms with Crippen molar-refractivity contribution in [1.29, 1.82) is 0 Å². The van der Waals surface area contributed by atoms with Crippen LogP contribution in [-0.2, 0) is 33.2 Å². The topological polar surface area (TPSA) is 92.8 Å². The first-order valence-corrected chi connectivity index (χ1v) is 13.0. The number of ether oxygens (including phenoxy) is 6. The fourth-order valence-electron chi connectivity index (χ4n) is 5.83. The quantitative estimate of drug-likeness (QED) is 0.523. The van der Waals surface area contributed by atoms with Crippen molar-refractivity contribution < 1.29 is 38.0 Å². The number of carbonyl (C=O) groups excluding carboxylic acids is 2. The van der Waals surface area contributed by atoms with Gasteiger partial charge in [-0.05, 0) is 65.5 Å². The number of fused-ring (bicyclic) bond motifs is 3. The Morgan fingerprint density at radius 2 is 1.83 bits per heavy atom. The molecule has 5 rings (SSSR count). The van der Waals surface area contributed by atoms with Crippen molar-refractivity contribution in [2.24, 2.45) is 0 Å². The van der Waals surface area contributed by atoms with Crippen molar-refractivity contribution in [3.63, 3.8) is 0 Å². The zero-order valence-corrected chi connectivity index (χ0v) is 21.6. The van der Waals surface area contributed by atoms with Crippen molar-refractivity contribution >= 4 is 11.9 Å². The smallest absolute Gasteiger partial charge is 0.305 e. The molecule has 1 aromatic rings. The minimum atomic E-state index is -1.24. The summed E-state index contributed by atoms with van der Waals surface area (Å²) >= 11 is 0. The molecule has 4 saturated heterocycles. The lowest BCUT2D eigenvalue weighted by Gasteiger charge is -2.40. The van der Waals surface area contributed by atoms with E-state index < -0.39 is 23.5 Å². The Kier molecular flexibility index (Phi) is 6.89. The summed E-state index contributed by atoms with van der Waals surface area (Å²) < 4.78 is 36.0. The molecule has 36 heavy (non-hydrogen) atoms. The van der Waals surface area contributed by atoms with E-state index in [-0.39, 0.29) is 49.8 Å².